The normalized spacial score (nSPS) is 20.4. The summed E-state index contributed by atoms with van der Waals surface area (Å²) in [5.74, 6) is 0. The molecule has 0 amide bonds. The molecule has 0 aromatic heterocycles. The van der Waals surface area contributed by atoms with Crippen LogP contribution in [0, 0.1) is 0 Å². The van der Waals surface area contributed by atoms with Crippen molar-refractivity contribution in [2.75, 3.05) is 0 Å². The zero-order valence-corrected chi connectivity index (χ0v) is 17.2. The van der Waals surface area contributed by atoms with E-state index in [9.17, 15) is 4.11 Å². The number of rotatable bonds is 1. The fourth-order valence-corrected chi connectivity index (χ4v) is 5.34. The Morgan fingerprint density at radius 1 is 0.455 bits per heavy atom. The van der Waals surface area contributed by atoms with Crippen LogP contribution in [0.5, 0.6) is 0 Å². The van der Waals surface area contributed by atoms with Gasteiger partial charge in [0, 0.05) is 15.2 Å². The molecule has 8 rings (SSSR count). The monoisotopic (exact) mass is 452 g/mol. The van der Waals surface area contributed by atoms with E-state index in [-0.39, 0.29) is 64.0 Å². The van der Waals surface area contributed by atoms with Crippen molar-refractivity contribution < 1.29 is 24.7 Å². The topological polar surface area (TPSA) is 0 Å². The molecular weight excluding hydrogens is 416 g/mol. The minimum absolute atomic E-state index is 0.00506. The molecule has 0 spiro atoms. The van der Waals surface area contributed by atoms with Crippen LogP contribution in [0.3, 0.4) is 0 Å². The van der Waals surface area contributed by atoms with Crippen LogP contribution in [0.15, 0.2) is 119 Å². The Kier molecular flexibility index (Phi) is 1.53. The highest BCUT2D eigenvalue weighted by Gasteiger charge is 2.20. The van der Waals surface area contributed by atoms with E-state index in [0.29, 0.717) is 0 Å². The van der Waals surface area contributed by atoms with E-state index in [1.54, 1.807) is 0 Å². The number of hydrogen-bond acceptors (Lipinski definition) is 1. The van der Waals surface area contributed by atoms with Gasteiger partial charge in [-0.15, -0.1) is 0 Å². The van der Waals surface area contributed by atoms with Crippen molar-refractivity contribution >= 4 is 54.9 Å². The Labute approximate surface area is 221 Å². The molecule has 0 saturated carbocycles. The third kappa shape index (κ3) is 2.38. The van der Waals surface area contributed by atoms with E-state index < -0.39 is 120 Å². The lowest BCUT2D eigenvalue weighted by atomic mass is 9.89. The molecule has 1 aliphatic heterocycles. The van der Waals surface area contributed by atoms with Crippen LogP contribution in [0.1, 0.15) is 24.7 Å². The van der Waals surface area contributed by atoms with Crippen molar-refractivity contribution in [1.82, 2.24) is 0 Å². The molecule has 0 N–H and O–H groups in total. The first-order valence-electron chi connectivity index (χ1n) is 18.9. The Bertz CT molecular complexity index is 2830. The van der Waals surface area contributed by atoms with E-state index >= 15 is 0 Å². The van der Waals surface area contributed by atoms with Crippen LogP contribution in [0.25, 0.3) is 65.3 Å². The van der Waals surface area contributed by atoms with Crippen molar-refractivity contribution in [2.24, 2.45) is 0 Å². The van der Waals surface area contributed by atoms with Crippen molar-refractivity contribution in [3.63, 3.8) is 0 Å². The molecule has 152 valence electrons. The number of hydrogen-bond donors (Lipinski definition) is 0. The first kappa shape index (κ1) is 7.90. The average Bonchev–Trinajstić information content (AvgIpc) is 3.09. The number of benzene rings is 7. The smallest absolute Gasteiger partial charge is 0.0641 e. The third-order valence-electron chi connectivity index (χ3n) is 5.76. The lowest BCUT2D eigenvalue weighted by Gasteiger charge is -2.21. The first-order valence-corrected chi connectivity index (χ1v) is 10.7. The largest absolute Gasteiger partial charge is 0.0888 e. The molecule has 0 fully saturated rings. The van der Waals surface area contributed by atoms with Crippen LogP contribution >= 0.6 is 11.8 Å². The lowest BCUT2D eigenvalue weighted by Crippen LogP contribution is -1.93. The summed E-state index contributed by atoms with van der Waals surface area (Å²) in [6.45, 7) is 0. The van der Waals surface area contributed by atoms with Gasteiger partial charge in [0.1, 0.15) is 0 Å². The molecule has 1 heterocycles. The van der Waals surface area contributed by atoms with Crippen molar-refractivity contribution in [1.29, 1.82) is 0 Å². The molecule has 0 radical (unpaired) electrons. The highest BCUT2D eigenvalue weighted by atomic mass is 32.2. The molecule has 7 aromatic carbocycles. The highest BCUT2D eigenvalue weighted by molar-refractivity contribution is 7.99. The van der Waals surface area contributed by atoms with Crippen LogP contribution in [0.4, 0.5) is 0 Å². The molecular formula is C32H18S. The summed E-state index contributed by atoms with van der Waals surface area (Å²) in [5.41, 5.74) is -1.21. The molecule has 0 atom stereocenters. The van der Waals surface area contributed by atoms with Gasteiger partial charge in [-0.05, 0) is 72.0 Å². The summed E-state index contributed by atoms with van der Waals surface area (Å²) in [6.07, 6.45) is 0. The maximum absolute atomic E-state index is 9.44. The van der Waals surface area contributed by atoms with Gasteiger partial charge in [0.2, 0.25) is 0 Å². The molecule has 1 aliphatic rings. The lowest BCUT2D eigenvalue weighted by molar-refractivity contribution is 1.40. The molecule has 33 heavy (non-hydrogen) atoms. The van der Waals surface area contributed by atoms with Gasteiger partial charge in [-0.1, -0.05) is 108 Å². The van der Waals surface area contributed by atoms with Gasteiger partial charge in [-0.3, -0.25) is 0 Å². The van der Waals surface area contributed by atoms with Gasteiger partial charge in [-0.25, -0.2) is 0 Å². The summed E-state index contributed by atoms with van der Waals surface area (Å²) < 4.78 is 158. The van der Waals surface area contributed by atoms with Crippen LogP contribution in [-0.4, -0.2) is 0 Å². The molecule has 7 aromatic rings. The predicted molar refractivity (Wildman–Crippen MR) is 143 cm³/mol. The van der Waals surface area contributed by atoms with Gasteiger partial charge in [0.05, 0.1) is 24.7 Å². The maximum atomic E-state index is 9.44. The summed E-state index contributed by atoms with van der Waals surface area (Å²) in [5, 5.41) is -1.62. The molecule has 0 bridgehead atoms. The molecule has 1 heteroatoms. The van der Waals surface area contributed by atoms with Gasteiger partial charge in [0.15, 0.2) is 0 Å². The quantitative estimate of drug-likeness (QED) is 0.223. The second kappa shape index (κ2) is 6.37. The van der Waals surface area contributed by atoms with Crippen molar-refractivity contribution in [3.8, 4) is 22.3 Å². The summed E-state index contributed by atoms with van der Waals surface area (Å²) in [6, 6.07) is -10.8. The third-order valence-corrected chi connectivity index (χ3v) is 6.78. The van der Waals surface area contributed by atoms with Crippen molar-refractivity contribution in [2.45, 2.75) is 9.79 Å². The maximum Gasteiger partial charge on any atom is 0.0641 e. The van der Waals surface area contributed by atoms with Crippen LogP contribution < -0.4 is 0 Å². The number of fused-ring (bicyclic) bond motifs is 2. The summed E-state index contributed by atoms with van der Waals surface area (Å²) >= 11 is 0.720. The fraction of sp³-hybridized carbons (Fsp3) is 0. The van der Waals surface area contributed by atoms with Gasteiger partial charge in [-0.2, -0.15) is 0 Å². The summed E-state index contributed by atoms with van der Waals surface area (Å²) in [4.78, 5) is -0.149. The molecule has 0 saturated heterocycles. The Hall–Kier alpha value is -3.81. The Morgan fingerprint density at radius 2 is 1.09 bits per heavy atom. The fourth-order valence-electron chi connectivity index (χ4n) is 4.32. The second-order valence-corrected chi connectivity index (χ2v) is 8.53. The Morgan fingerprint density at radius 3 is 1.94 bits per heavy atom. The minimum Gasteiger partial charge on any atom is -0.0888 e. The standard InChI is InChI=1S/C32H18S/c1-4-20-10-11-22-12-15-24(27-17-13-21(5-1)30(20)32(22)27)23-14-16-25-26-8-2-6-19-7-3-9-28(31(19)26)33-29(25)18-23/h1-18H/i1D,2D,3D,4D,5D,6D,7D,8D,9D,10D,11D,12D,13D,14D,15D,16D,17D,18D. The van der Waals surface area contributed by atoms with E-state index in [1.165, 1.54) is 0 Å². The first-order chi connectivity index (χ1) is 23.9. The van der Waals surface area contributed by atoms with Crippen LogP contribution in [-0.2, 0) is 0 Å². The zero-order chi connectivity index (χ0) is 37.2. The van der Waals surface area contributed by atoms with E-state index in [1.807, 2.05) is 0 Å². The van der Waals surface area contributed by atoms with E-state index in [4.69, 9.17) is 20.6 Å². The SMILES string of the molecule is [2H]c1c([2H])c2c(c([2H])c1-c1c([2H])c([2H])c3c([2H])c([2H])c4c([2H])c([2H])c([2H])c5c([2H])c([2H])c1c3c45)Sc1c([2H])c([2H])c([2H])c3c([2H])c([2H])c([2H])c-2c13. The van der Waals surface area contributed by atoms with Gasteiger partial charge in [0.25, 0.3) is 0 Å². The average molecular weight is 453 g/mol. The molecule has 0 nitrogen and oxygen atoms in total. The second-order valence-electron chi connectivity index (χ2n) is 7.51. The van der Waals surface area contributed by atoms with Crippen molar-refractivity contribution in [3.05, 3.63) is 109 Å². The minimum atomic E-state index is -0.705. The molecule has 0 unspecified atom stereocenters. The predicted octanol–water partition coefficient (Wildman–Crippen LogP) is 9.54. The van der Waals surface area contributed by atoms with E-state index in [2.05, 4.69) is 0 Å². The Balaban J connectivity index is 1.61. The van der Waals surface area contributed by atoms with E-state index in [0.717, 1.165) is 11.8 Å². The van der Waals surface area contributed by atoms with Gasteiger partial charge < -0.3 is 0 Å². The summed E-state index contributed by atoms with van der Waals surface area (Å²) in [7, 11) is 0. The van der Waals surface area contributed by atoms with Crippen LogP contribution in [0.2, 0.25) is 0 Å². The molecule has 0 aliphatic carbocycles. The highest BCUT2D eigenvalue weighted by Crippen LogP contribution is 2.49. The van der Waals surface area contributed by atoms with Gasteiger partial charge >= 0.3 is 0 Å². The zero-order valence-electron chi connectivity index (χ0n) is 34.4.